The molecule has 1 saturated heterocycles. The Morgan fingerprint density at radius 3 is 2.48 bits per heavy atom. The largest absolute Gasteiger partial charge is 0.352 e. The fourth-order valence-corrected chi connectivity index (χ4v) is 5.08. The third-order valence-corrected chi connectivity index (χ3v) is 7.59. The lowest BCUT2D eigenvalue weighted by Crippen LogP contribution is -2.34. The Labute approximate surface area is 231 Å². The van der Waals surface area contributed by atoms with E-state index in [0.717, 1.165) is 57.3 Å². The van der Waals surface area contributed by atoms with Crippen molar-refractivity contribution in [2.45, 2.75) is 38.6 Å². The Kier molecular flexibility index (Phi) is 8.45. The molecule has 10 heteroatoms. The van der Waals surface area contributed by atoms with Crippen LogP contribution >= 0.6 is 0 Å². The number of benzene rings is 2. The minimum Gasteiger partial charge on any atom is -0.352 e. The summed E-state index contributed by atoms with van der Waals surface area (Å²) in [7, 11) is 0. The van der Waals surface area contributed by atoms with Gasteiger partial charge >= 0.3 is 0 Å². The van der Waals surface area contributed by atoms with Crippen LogP contribution in [-0.4, -0.2) is 46.3 Å². The number of carbonyl (C=O) groups is 2. The molecule has 9 nitrogen and oxygen atoms in total. The van der Waals surface area contributed by atoms with Gasteiger partial charge in [0.1, 0.15) is 11.6 Å². The quantitative estimate of drug-likeness (QED) is 0.268. The smallest absolute Gasteiger partial charge is 0.277 e. The molecule has 2 amide bonds. The maximum atomic E-state index is 13.1. The molecule has 2 fully saturated rings. The van der Waals surface area contributed by atoms with Gasteiger partial charge in [-0.1, -0.05) is 12.1 Å². The number of nitro groups is 1. The molecule has 0 atom stereocenters. The van der Waals surface area contributed by atoms with Crippen LogP contribution < -0.4 is 10.6 Å². The summed E-state index contributed by atoms with van der Waals surface area (Å²) >= 11 is 0. The van der Waals surface area contributed by atoms with Crippen LogP contribution in [0.5, 0.6) is 0 Å². The zero-order chi connectivity index (χ0) is 28.1. The lowest BCUT2D eigenvalue weighted by molar-refractivity contribution is -0.384. The number of hydrogen-bond donors (Lipinski definition) is 2. The zero-order valence-corrected chi connectivity index (χ0v) is 22.1. The highest BCUT2D eigenvalue weighted by molar-refractivity contribution is 5.96. The summed E-state index contributed by atoms with van der Waals surface area (Å²) in [4.78, 5) is 42.8. The average Bonchev–Trinajstić information content (AvgIpc) is 3.81. The number of rotatable bonds is 10. The Morgan fingerprint density at radius 1 is 1.02 bits per heavy atom. The van der Waals surface area contributed by atoms with Gasteiger partial charge in [-0.15, -0.1) is 0 Å². The predicted octanol–water partition coefficient (Wildman–Crippen LogP) is 5.18. The van der Waals surface area contributed by atoms with Crippen LogP contribution in [-0.2, 0) is 11.3 Å². The molecule has 2 aliphatic rings. The molecule has 5 rings (SSSR count). The van der Waals surface area contributed by atoms with Gasteiger partial charge in [-0.3, -0.25) is 24.6 Å². The molecule has 0 bridgehead atoms. The van der Waals surface area contributed by atoms with Crippen molar-refractivity contribution in [3.05, 3.63) is 87.9 Å². The Morgan fingerprint density at radius 2 is 1.77 bits per heavy atom. The highest BCUT2D eigenvalue weighted by Gasteiger charge is 2.30. The van der Waals surface area contributed by atoms with Crippen molar-refractivity contribution >= 4 is 23.3 Å². The van der Waals surface area contributed by atoms with Crippen LogP contribution in [0.4, 0.5) is 15.9 Å². The highest BCUT2D eigenvalue weighted by Crippen LogP contribution is 2.33. The molecule has 1 saturated carbocycles. The van der Waals surface area contributed by atoms with Gasteiger partial charge < -0.3 is 10.6 Å². The summed E-state index contributed by atoms with van der Waals surface area (Å²) in [5.41, 5.74) is 2.01. The lowest BCUT2D eigenvalue weighted by Gasteiger charge is -2.32. The number of piperidine rings is 1. The number of hydrogen-bond acceptors (Lipinski definition) is 6. The summed E-state index contributed by atoms with van der Waals surface area (Å²) in [5, 5.41) is 17.5. The SMILES string of the molecule is O=C(NCCC1CCN(Cc2ccc(F)cc2)CC1)c1ccc(-c2ccnc(NC(=O)C3CC3)c2)c([N+](=O)[O-])c1. The molecular weight excluding hydrogens is 513 g/mol. The third-order valence-electron chi connectivity index (χ3n) is 7.59. The highest BCUT2D eigenvalue weighted by atomic mass is 19.1. The molecule has 0 unspecified atom stereocenters. The van der Waals surface area contributed by atoms with E-state index in [1.807, 2.05) is 12.1 Å². The number of nitrogens with zero attached hydrogens (tertiary/aromatic N) is 3. The predicted molar refractivity (Wildman–Crippen MR) is 149 cm³/mol. The molecule has 1 aliphatic heterocycles. The van der Waals surface area contributed by atoms with Gasteiger partial charge in [0, 0.05) is 36.8 Å². The number of anilines is 1. The van der Waals surface area contributed by atoms with E-state index in [-0.39, 0.29) is 34.8 Å². The maximum Gasteiger partial charge on any atom is 0.277 e. The number of nitrogens with one attached hydrogen (secondary N) is 2. The number of likely N-dealkylation sites (tertiary alicyclic amines) is 1. The van der Waals surface area contributed by atoms with E-state index in [4.69, 9.17) is 0 Å². The summed E-state index contributed by atoms with van der Waals surface area (Å²) in [6.07, 6.45) is 6.09. The Hall–Kier alpha value is -4.18. The van der Waals surface area contributed by atoms with E-state index < -0.39 is 4.92 Å². The van der Waals surface area contributed by atoms with Gasteiger partial charge in [-0.05, 0) is 98.6 Å². The first kappa shape index (κ1) is 27.4. The second-order valence-electron chi connectivity index (χ2n) is 10.6. The number of pyridine rings is 1. The van der Waals surface area contributed by atoms with E-state index in [1.165, 1.54) is 24.4 Å². The second kappa shape index (κ2) is 12.3. The van der Waals surface area contributed by atoms with Crippen molar-refractivity contribution in [2.75, 3.05) is 25.0 Å². The van der Waals surface area contributed by atoms with Gasteiger partial charge in [0.2, 0.25) is 5.91 Å². The molecule has 2 heterocycles. The van der Waals surface area contributed by atoms with Crippen LogP contribution in [0.25, 0.3) is 11.1 Å². The van der Waals surface area contributed by atoms with Crippen LogP contribution in [0, 0.1) is 27.8 Å². The van der Waals surface area contributed by atoms with Crippen LogP contribution in [0.2, 0.25) is 0 Å². The van der Waals surface area contributed by atoms with Crippen molar-refractivity contribution in [3.8, 4) is 11.1 Å². The second-order valence-corrected chi connectivity index (χ2v) is 10.6. The van der Waals surface area contributed by atoms with E-state index in [1.54, 1.807) is 24.3 Å². The number of carbonyl (C=O) groups excluding carboxylic acids is 2. The first-order valence-electron chi connectivity index (χ1n) is 13.7. The van der Waals surface area contributed by atoms with Crippen LogP contribution in [0.15, 0.2) is 60.8 Å². The molecule has 3 aromatic rings. The molecule has 40 heavy (non-hydrogen) atoms. The third kappa shape index (κ3) is 7.06. The lowest BCUT2D eigenvalue weighted by atomic mass is 9.93. The number of amides is 2. The molecule has 0 radical (unpaired) electrons. The normalized spacial score (nSPS) is 15.9. The van der Waals surface area contributed by atoms with Crippen LogP contribution in [0.1, 0.15) is 48.0 Å². The summed E-state index contributed by atoms with van der Waals surface area (Å²) in [5.74, 6) is 0.165. The van der Waals surface area contributed by atoms with Crippen molar-refractivity contribution in [2.24, 2.45) is 11.8 Å². The minimum atomic E-state index is -0.505. The van der Waals surface area contributed by atoms with Gasteiger partial charge in [-0.25, -0.2) is 9.37 Å². The Balaban J connectivity index is 1.13. The van der Waals surface area contributed by atoms with E-state index >= 15 is 0 Å². The zero-order valence-electron chi connectivity index (χ0n) is 22.1. The van der Waals surface area contributed by atoms with Gasteiger partial charge in [0.05, 0.1) is 10.5 Å². The fourth-order valence-electron chi connectivity index (χ4n) is 5.08. The van der Waals surface area contributed by atoms with Gasteiger partial charge in [0.15, 0.2) is 0 Å². The first-order chi connectivity index (χ1) is 19.4. The van der Waals surface area contributed by atoms with E-state index in [0.29, 0.717) is 29.4 Å². The van der Waals surface area contributed by atoms with E-state index in [2.05, 4.69) is 20.5 Å². The fraction of sp³-hybridized carbons (Fsp3) is 0.367. The molecule has 1 aromatic heterocycles. The molecule has 1 aliphatic carbocycles. The van der Waals surface area contributed by atoms with Gasteiger partial charge in [-0.2, -0.15) is 0 Å². The number of aromatic nitrogens is 1. The molecule has 208 valence electrons. The van der Waals surface area contributed by atoms with Crippen LogP contribution in [0.3, 0.4) is 0 Å². The van der Waals surface area contributed by atoms with Crippen molar-refractivity contribution in [1.82, 2.24) is 15.2 Å². The molecule has 2 aromatic carbocycles. The molecular formula is C30H32FN5O4. The van der Waals surface area contributed by atoms with Crippen molar-refractivity contribution in [3.63, 3.8) is 0 Å². The molecule has 0 spiro atoms. The minimum absolute atomic E-state index is 0.0122. The van der Waals surface area contributed by atoms with Gasteiger partial charge in [0.25, 0.3) is 11.6 Å². The molecule has 2 N–H and O–H groups in total. The maximum absolute atomic E-state index is 13.1. The average molecular weight is 546 g/mol. The summed E-state index contributed by atoms with van der Waals surface area (Å²) < 4.78 is 13.1. The summed E-state index contributed by atoms with van der Waals surface area (Å²) in [6, 6.07) is 14.3. The van der Waals surface area contributed by atoms with Crippen molar-refractivity contribution < 1.29 is 18.9 Å². The van der Waals surface area contributed by atoms with Crippen molar-refractivity contribution in [1.29, 1.82) is 0 Å². The standard InChI is InChI=1S/C30H32FN5O4/c31-25-6-1-21(2-7-25)19-35-15-11-20(12-16-35)9-13-33-29(37)24-5-8-26(27(17-24)36(39)40)23-10-14-32-28(18-23)34-30(38)22-3-4-22/h1-2,5-8,10,14,17-18,20,22H,3-4,9,11-13,15-16,19H2,(H,33,37)(H,32,34,38). The van der Waals surface area contributed by atoms with E-state index in [9.17, 15) is 24.1 Å². The Bertz CT molecular complexity index is 1390. The first-order valence-corrected chi connectivity index (χ1v) is 13.7. The number of halogens is 1. The number of nitro benzene ring substituents is 1. The monoisotopic (exact) mass is 545 g/mol. The topological polar surface area (TPSA) is 117 Å². The summed E-state index contributed by atoms with van der Waals surface area (Å²) in [6.45, 7) is 3.19.